The number of carbonyl (C=O) groups excluding carboxylic acids is 1. The SMILES string of the molecule is CCCC(N)(Cl)C(=O)ON.[NaH]. The first kappa shape index (κ1) is 14.2. The molecule has 0 fully saturated rings. The second kappa shape index (κ2) is 6.22. The molecule has 4 N–H and O–H groups in total. The molecule has 0 radical (unpaired) electrons. The zero-order valence-electron chi connectivity index (χ0n) is 5.76. The zero-order valence-corrected chi connectivity index (χ0v) is 6.52. The van der Waals surface area contributed by atoms with Gasteiger partial charge in [0.25, 0.3) is 0 Å². The van der Waals surface area contributed by atoms with Crippen LogP contribution in [0.1, 0.15) is 19.8 Å². The van der Waals surface area contributed by atoms with Crippen molar-refractivity contribution in [3.63, 3.8) is 0 Å². The van der Waals surface area contributed by atoms with Gasteiger partial charge in [0.1, 0.15) is 0 Å². The van der Waals surface area contributed by atoms with Crippen molar-refractivity contribution >= 4 is 47.1 Å². The van der Waals surface area contributed by atoms with E-state index in [1.807, 2.05) is 6.92 Å². The third-order valence-corrected chi connectivity index (χ3v) is 1.40. The molecule has 1 atom stereocenters. The Hall–Kier alpha value is 0.680. The Morgan fingerprint density at radius 2 is 2.18 bits per heavy atom. The first-order valence-corrected chi connectivity index (χ1v) is 3.31. The fourth-order valence-electron chi connectivity index (χ4n) is 0.564. The van der Waals surface area contributed by atoms with Gasteiger partial charge in [-0.25, -0.2) is 4.79 Å². The molecule has 0 bridgehead atoms. The van der Waals surface area contributed by atoms with Gasteiger partial charge in [0.2, 0.25) is 0 Å². The maximum atomic E-state index is 10.6. The topological polar surface area (TPSA) is 78.3 Å². The Morgan fingerprint density at radius 1 is 1.73 bits per heavy atom. The van der Waals surface area contributed by atoms with E-state index in [1.165, 1.54) is 0 Å². The van der Waals surface area contributed by atoms with Crippen LogP contribution in [0.15, 0.2) is 0 Å². The molecule has 0 aliphatic rings. The molecule has 0 amide bonds. The number of hydrogen-bond acceptors (Lipinski definition) is 4. The predicted octanol–water partition coefficient (Wildman–Crippen LogP) is -0.551. The van der Waals surface area contributed by atoms with Crippen LogP contribution in [0.5, 0.6) is 0 Å². The molecular formula is C5H12ClN2NaO2. The van der Waals surface area contributed by atoms with E-state index in [9.17, 15) is 4.79 Å². The minimum atomic E-state index is -1.45. The summed E-state index contributed by atoms with van der Waals surface area (Å²) in [6.45, 7) is 1.85. The van der Waals surface area contributed by atoms with Gasteiger partial charge in [-0.3, -0.25) is 0 Å². The van der Waals surface area contributed by atoms with Crippen LogP contribution in [0.4, 0.5) is 0 Å². The monoisotopic (exact) mass is 190 g/mol. The van der Waals surface area contributed by atoms with E-state index >= 15 is 0 Å². The van der Waals surface area contributed by atoms with Crippen LogP contribution in [0.3, 0.4) is 0 Å². The molecule has 0 aromatic rings. The quantitative estimate of drug-likeness (QED) is 0.271. The van der Waals surface area contributed by atoms with Crippen molar-refractivity contribution in [2.75, 3.05) is 0 Å². The van der Waals surface area contributed by atoms with Crippen molar-refractivity contribution in [2.45, 2.75) is 24.8 Å². The van der Waals surface area contributed by atoms with Crippen LogP contribution >= 0.6 is 11.6 Å². The van der Waals surface area contributed by atoms with Gasteiger partial charge in [0.05, 0.1) is 0 Å². The Morgan fingerprint density at radius 3 is 2.45 bits per heavy atom. The summed E-state index contributed by atoms with van der Waals surface area (Å²) in [5, 5.41) is 0. The summed E-state index contributed by atoms with van der Waals surface area (Å²) < 4.78 is 0. The molecular weight excluding hydrogens is 179 g/mol. The van der Waals surface area contributed by atoms with E-state index in [2.05, 4.69) is 10.7 Å². The van der Waals surface area contributed by atoms with E-state index in [-0.39, 0.29) is 29.6 Å². The maximum absolute atomic E-state index is 10.6. The Labute approximate surface area is 92.8 Å². The summed E-state index contributed by atoms with van der Waals surface area (Å²) in [7, 11) is 0. The second-order valence-corrected chi connectivity index (χ2v) is 2.69. The molecule has 0 aliphatic heterocycles. The minimum absolute atomic E-state index is 0. The third kappa shape index (κ3) is 5.00. The fourth-order valence-corrected chi connectivity index (χ4v) is 0.797. The molecule has 0 saturated heterocycles. The Bertz CT molecular complexity index is 132. The Kier molecular flexibility index (Phi) is 8.04. The molecule has 11 heavy (non-hydrogen) atoms. The summed E-state index contributed by atoms with van der Waals surface area (Å²) in [4.78, 5) is 13.0. The second-order valence-electron chi connectivity index (χ2n) is 2.02. The van der Waals surface area contributed by atoms with Gasteiger partial charge in [-0.1, -0.05) is 24.9 Å². The van der Waals surface area contributed by atoms with Crippen LogP contribution in [-0.2, 0) is 9.63 Å². The van der Waals surface area contributed by atoms with E-state index in [4.69, 9.17) is 17.3 Å². The number of halogens is 1. The van der Waals surface area contributed by atoms with Crippen LogP contribution < -0.4 is 11.6 Å². The summed E-state index contributed by atoms with van der Waals surface area (Å²) in [5.41, 5.74) is 5.29. The van der Waals surface area contributed by atoms with E-state index in [0.29, 0.717) is 12.8 Å². The van der Waals surface area contributed by atoms with Crippen LogP contribution in [-0.4, -0.2) is 40.5 Å². The van der Waals surface area contributed by atoms with Gasteiger partial charge in [-0.05, 0) is 6.42 Å². The number of hydrogen-bond donors (Lipinski definition) is 2. The molecule has 0 heterocycles. The number of rotatable bonds is 3. The summed E-state index contributed by atoms with van der Waals surface area (Å²) in [6, 6.07) is 0. The van der Waals surface area contributed by atoms with Crippen molar-refractivity contribution in [3.05, 3.63) is 0 Å². The average Bonchev–Trinajstić information content (AvgIpc) is 1.86. The van der Waals surface area contributed by atoms with Crippen molar-refractivity contribution in [2.24, 2.45) is 11.6 Å². The van der Waals surface area contributed by atoms with E-state index in [1.54, 1.807) is 0 Å². The number of carbonyl (C=O) groups is 1. The Balaban J connectivity index is 0. The van der Waals surface area contributed by atoms with Gasteiger partial charge in [0, 0.05) is 0 Å². The molecule has 0 rings (SSSR count). The first-order chi connectivity index (χ1) is 4.54. The molecule has 0 aliphatic carbocycles. The van der Waals surface area contributed by atoms with Crippen molar-refractivity contribution in [1.82, 2.24) is 0 Å². The molecule has 1 unspecified atom stereocenters. The van der Waals surface area contributed by atoms with Gasteiger partial charge in [-0.15, -0.1) is 0 Å². The molecule has 0 aromatic heterocycles. The zero-order chi connectivity index (χ0) is 8.20. The van der Waals surface area contributed by atoms with Gasteiger partial charge < -0.3 is 10.6 Å². The number of nitrogens with two attached hydrogens (primary N) is 2. The van der Waals surface area contributed by atoms with Crippen LogP contribution in [0.2, 0.25) is 0 Å². The first-order valence-electron chi connectivity index (χ1n) is 2.93. The average molecular weight is 191 g/mol. The van der Waals surface area contributed by atoms with Gasteiger partial charge in [-0.2, -0.15) is 5.90 Å². The van der Waals surface area contributed by atoms with Crippen LogP contribution in [0, 0.1) is 0 Å². The third-order valence-electron chi connectivity index (χ3n) is 1.06. The van der Waals surface area contributed by atoms with E-state index in [0.717, 1.165) is 0 Å². The van der Waals surface area contributed by atoms with Crippen molar-refractivity contribution in [1.29, 1.82) is 0 Å². The molecule has 0 saturated carbocycles. The number of alkyl halides is 1. The van der Waals surface area contributed by atoms with E-state index < -0.39 is 11.0 Å². The summed E-state index contributed by atoms with van der Waals surface area (Å²) in [5.74, 6) is 3.78. The molecule has 4 nitrogen and oxygen atoms in total. The van der Waals surface area contributed by atoms with Crippen molar-refractivity contribution < 1.29 is 9.63 Å². The normalized spacial score (nSPS) is 14.5. The molecule has 0 spiro atoms. The van der Waals surface area contributed by atoms with Gasteiger partial charge >= 0.3 is 35.5 Å². The standard InChI is InChI=1S/C5H11ClN2O2.Na.H/c1-2-3-5(6,7)4(9)10-8;;/h2-3,7-8H2,1H3;;. The molecule has 62 valence electrons. The molecule has 0 aromatic carbocycles. The van der Waals surface area contributed by atoms with Gasteiger partial charge in [0.15, 0.2) is 5.00 Å². The van der Waals surface area contributed by atoms with Crippen LogP contribution in [0.25, 0.3) is 0 Å². The fraction of sp³-hybridized carbons (Fsp3) is 0.800. The summed E-state index contributed by atoms with van der Waals surface area (Å²) >= 11 is 5.51. The van der Waals surface area contributed by atoms with Crippen molar-refractivity contribution in [3.8, 4) is 0 Å². The molecule has 6 heteroatoms. The predicted molar refractivity (Wildman–Crippen MR) is 45.1 cm³/mol. The summed E-state index contributed by atoms with van der Waals surface area (Å²) in [6.07, 6.45) is 1.06.